The Balaban J connectivity index is 1.73. The Morgan fingerprint density at radius 2 is 1.89 bits per heavy atom. The van der Waals surface area contributed by atoms with Crippen LogP contribution >= 0.6 is 22.9 Å². The maximum Gasteiger partial charge on any atom is 0.251 e. The van der Waals surface area contributed by atoms with E-state index in [-0.39, 0.29) is 15.8 Å². The van der Waals surface area contributed by atoms with Gasteiger partial charge in [-0.05, 0) is 48.9 Å². The summed E-state index contributed by atoms with van der Waals surface area (Å²) in [6.45, 7) is 1.49. The van der Waals surface area contributed by atoms with Gasteiger partial charge in [0.1, 0.15) is 4.90 Å². The molecule has 5 nitrogen and oxygen atoms in total. The fraction of sp³-hybridized carbons (Fsp3) is 0.421. The lowest BCUT2D eigenvalue weighted by Crippen LogP contribution is -2.32. The lowest BCUT2D eigenvalue weighted by Gasteiger charge is -2.21. The molecular formula is C19H23ClN2O3S2. The number of carbonyl (C=O) groups excluding carboxylic acids is 1. The lowest BCUT2D eigenvalue weighted by molar-refractivity contribution is 0.0954. The molecule has 0 aliphatic carbocycles. The van der Waals surface area contributed by atoms with Gasteiger partial charge >= 0.3 is 0 Å². The van der Waals surface area contributed by atoms with Crippen LogP contribution in [0.15, 0.2) is 40.6 Å². The summed E-state index contributed by atoms with van der Waals surface area (Å²) in [6.07, 6.45) is 4.51. The van der Waals surface area contributed by atoms with Crippen molar-refractivity contribution in [1.82, 2.24) is 9.62 Å². The van der Waals surface area contributed by atoms with Crippen LogP contribution in [0.1, 0.15) is 40.9 Å². The van der Waals surface area contributed by atoms with Gasteiger partial charge in [0.2, 0.25) is 10.0 Å². The molecule has 8 heteroatoms. The van der Waals surface area contributed by atoms with Crippen LogP contribution in [0.5, 0.6) is 0 Å². The third-order valence-electron chi connectivity index (χ3n) is 4.61. The fourth-order valence-electron chi connectivity index (χ4n) is 3.12. The van der Waals surface area contributed by atoms with Crippen LogP contribution in [0.3, 0.4) is 0 Å². The van der Waals surface area contributed by atoms with Gasteiger partial charge in [-0.25, -0.2) is 8.42 Å². The second-order valence-corrected chi connectivity index (χ2v) is 9.89. The summed E-state index contributed by atoms with van der Waals surface area (Å²) in [4.78, 5) is 13.6. The van der Waals surface area contributed by atoms with Gasteiger partial charge in [0, 0.05) is 30.1 Å². The molecule has 1 aliphatic heterocycles. The molecule has 1 saturated heterocycles. The molecule has 1 fully saturated rings. The number of thiophene rings is 1. The van der Waals surface area contributed by atoms with E-state index >= 15 is 0 Å². The van der Waals surface area contributed by atoms with Gasteiger partial charge in [-0.2, -0.15) is 4.31 Å². The van der Waals surface area contributed by atoms with E-state index in [1.54, 1.807) is 17.4 Å². The van der Waals surface area contributed by atoms with Crippen LogP contribution in [-0.4, -0.2) is 38.3 Å². The molecule has 1 amide bonds. The maximum absolute atomic E-state index is 13.0. The van der Waals surface area contributed by atoms with Crippen LogP contribution in [0.2, 0.25) is 5.02 Å². The summed E-state index contributed by atoms with van der Waals surface area (Å²) < 4.78 is 27.5. The highest BCUT2D eigenvalue weighted by atomic mass is 35.5. The summed E-state index contributed by atoms with van der Waals surface area (Å²) in [6, 6.07) is 8.43. The van der Waals surface area contributed by atoms with E-state index in [0.717, 1.165) is 32.1 Å². The van der Waals surface area contributed by atoms with E-state index < -0.39 is 10.0 Å². The third-order valence-corrected chi connectivity index (χ3v) is 7.93. The van der Waals surface area contributed by atoms with Gasteiger partial charge in [-0.15, -0.1) is 11.3 Å². The van der Waals surface area contributed by atoms with E-state index in [9.17, 15) is 13.2 Å². The van der Waals surface area contributed by atoms with Gasteiger partial charge in [-0.3, -0.25) is 4.79 Å². The van der Waals surface area contributed by atoms with Crippen molar-refractivity contribution < 1.29 is 13.2 Å². The first-order chi connectivity index (χ1) is 13.0. The first-order valence-electron chi connectivity index (χ1n) is 9.09. The Labute approximate surface area is 169 Å². The molecule has 1 N–H and O–H groups in total. The predicted molar refractivity (Wildman–Crippen MR) is 109 cm³/mol. The van der Waals surface area contributed by atoms with Crippen LogP contribution in [-0.2, 0) is 16.4 Å². The number of halogens is 1. The largest absolute Gasteiger partial charge is 0.352 e. The molecule has 1 aliphatic rings. The zero-order valence-corrected chi connectivity index (χ0v) is 17.4. The minimum absolute atomic E-state index is 0.0111. The van der Waals surface area contributed by atoms with Gasteiger partial charge in [0.25, 0.3) is 5.91 Å². The molecule has 1 aromatic heterocycles. The molecule has 0 atom stereocenters. The number of amides is 1. The van der Waals surface area contributed by atoms with E-state index in [1.807, 2.05) is 17.5 Å². The van der Waals surface area contributed by atoms with Crippen molar-refractivity contribution in [2.45, 2.75) is 37.0 Å². The highest BCUT2D eigenvalue weighted by molar-refractivity contribution is 7.89. The van der Waals surface area contributed by atoms with Crippen molar-refractivity contribution in [3.8, 4) is 0 Å². The van der Waals surface area contributed by atoms with Crippen molar-refractivity contribution >= 4 is 38.9 Å². The average Bonchev–Trinajstić information content (AvgIpc) is 3.00. The predicted octanol–water partition coefficient (Wildman–Crippen LogP) is 3.94. The van der Waals surface area contributed by atoms with E-state index in [0.29, 0.717) is 25.2 Å². The molecule has 27 heavy (non-hydrogen) atoms. The second kappa shape index (κ2) is 9.19. The van der Waals surface area contributed by atoms with Gasteiger partial charge in [-0.1, -0.05) is 30.5 Å². The highest BCUT2D eigenvalue weighted by Gasteiger charge is 2.28. The molecule has 0 radical (unpaired) electrons. The third kappa shape index (κ3) is 5.10. The van der Waals surface area contributed by atoms with E-state index in [1.165, 1.54) is 21.3 Å². The number of rotatable bonds is 6. The molecule has 3 rings (SSSR count). The van der Waals surface area contributed by atoms with Gasteiger partial charge < -0.3 is 5.32 Å². The Morgan fingerprint density at radius 3 is 2.56 bits per heavy atom. The minimum Gasteiger partial charge on any atom is -0.352 e. The SMILES string of the molecule is O=C(NCCc1cccs1)c1ccc(Cl)c(S(=O)(=O)N2CCCCCC2)c1. The van der Waals surface area contributed by atoms with E-state index in [4.69, 9.17) is 11.6 Å². The number of carbonyl (C=O) groups is 1. The number of nitrogens with one attached hydrogen (secondary N) is 1. The fourth-order valence-corrected chi connectivity index (χ4v) is 5.85. The van der Waals surface area contributed by atoms with Crippen LogP contribution in [0.25, 0.3) is 0 Å². The Hall–Kier alpha value is -1.41. The van der Waals surface area contributed by atoms with Crippen molar-refractivity contribution in [3.63, 3.8) is 0 Å². The molecule has 146 valence electrons. The molecule has 0 bridgehead atoms. The number of benzene rings is 1. The smallest absolute Gasteiger partial charge is 0.251 e. The zero-order chi connectivity index (χ0) is 19.3. The van der Waals surface area contributed by atoms with Gasteiger partial charge in [0.15, 0.2) is 0 Å². The topological polar surface area (TPSA) is 66.5 Å². The van der Waals surface area contributed by atoms with Crippen molar-refractivity contribution in [3.05, 3.63) is 51.2 Å². The van der Waals surface area contributed by atoms with Crippen LogP contribution in [0, 0.1) is 0 Å². The highest BCUT2D eigenvalue weighted by Crippen LogP contribution is 2.27. The molecule has 2 aromatic rings. The van der Waals surface area contributed by atoms with Crippen molar-refractivity contribution in [2.24, 2.45) is 0 Å². The zero-order valence-electron chi connectivity index (χ0n) is 15.0. The minimum atomic E-state index is -3.70. The first kappa shape index (κ1) is 20.3. The van der Waals surface area contributed by atoms with E-state index in [2.05, 4.69) is 5.32 Å². The normalized spacial score (nSPS) is 16.0. The number of hydrogen-bond donors (Lipinski definition) is 1. The quantitative estimate of drug-likeness (QED) is 0.760. The summed E-state index contributed by atoms with van der Waals surface area (Å²) in [5.74, 6) is -0.296. The van der Waals surface area contributed by atoms with Crippen LogP contribution in [0.4, 0.5) is 0 Å². The number of sulfonamides is 1. The average molecular weight is 427 g/mol. The summed E-state index contributed by atoms with van der Waals surface area (Å²) in [7, 11) is -3.70. The Morgan fingerprint density at radius 1 is 1.15 bits per heavy atom. The summed E-state index contributed by atoms with van der Waals surface area (Å²) in [5.41, 5.74) is 0.305. The second-order valence-electron chi connectivity index (χ2n) is 6.55. The number of nitrogens with zero attached hydrogens (tertiary/aromatic N) is 1. The Kier molecular flexibility index (Phi) is 6.92. The van der Waals surface area contributed by atoms with Crippen LogP contribution < -0.4 is 5.32 Å². The molecule has 0 saturated carbocycles. The molecule has 2 heterocycles. The lowest BCUT2D eigenvalue weighted by atomic mass is 10.2. The first-order valence-corrected chi connectivity index (χ1v) is 11.8. The molecule has 1 aromatic carbocycles. The molecule has 0 spiro atoms. The van der Waals surface area contributed by atoms with Crippen molar-refractivity contribution in [2.75, 3.05) is 19.6 Å². The standard InChI is InChI=1S/C19H23ClN2O3S2/c20-17-8-7-15(19(23)21-10-9-16-6-5-13-26-16)14-18(17)27(24,25)22-11-3-1-2-4-12-22/h5-8,13-14H,1-4,9-12H2,(H,21,23). The molecular weight excluding hydrogens is 404 g/mol. The molecule has 0 unspecified atom stereocenters. The Bertz CT molecular complexity index is 874. The van der Waals surface area contributed by atoms with Gasteiger partial charge in [0.05, 0.1) is 5.02 Å². The number of hydrogen-bond acceptors (Lipinski definition) is 4. The maximum atomic E-state index is 13.0. The summed E-state index contributed by atoms with van der Waals surface area (Å²) in [5, 5.41) is 4.99. The van der Waals surface area contributed by atoms with Crippen molar-refractivity contribution in [1.29, 1.82) is 0 Å². The monoisotopic (exact) mass is 426 g/mol. The summed E-state index contributed by atoms with van der Waals surface area (Å²) >= 11 is 7.82.